The number of anilines is 1. The van der Waals surface area contributed by atoms with Crippen molar-refractivity contribution in [2.45, 2.75) is 13.8 Å². The first-order chi connectivity index (χ1) is 9.58. The van der Waals surface area contributed by atoms with Crippen LogP contribution in [0.1, 0.15) is 20.9 Å². The minimum Gasteiger partial charge on any atom is -0.296 e. The van der Waals surface area contributed by atoms with Gasteiger partial charge in [-0.1, -0.05) is 11.3 Å². The van der Waals surface area contributed by atoms with E-state index in [1.807, 2.05) is 13.8 Å². The Morgan fingerprint density at radius 3 is 2.90 bits per heavy atom. The summed E-state index contributed by atoms with van der Waals surface area (Å²) in [7, 11) is 0. The van der Waals surface area contributed by atoms with Crippen molar-refractivity contribution in [3.05, 3.63) is 38.2 Å². The Kier molecular flexibility index (Phi) is 3.07. The number of hydrogen-bond donors (Lipinski definition) is 1. The van der Waals surface area contributed by atoms with E-state index in [0.29, 0.717) is 10.1 Å². The first-order valence-electron chi connectivity index (χ1n) is 5.63. The number of aryl methyl sites for hydroxylation is 2. The molecule has 0 aliphatic heterocycles. The zero-order valence-electron chi connectivity index (χ0n) is 10.6. The number of carbonyl (C=O) groups excluding carboxylic acids is 1. The second-order valence-electron chi connectivity index (χ2n) is 4.04. The lowest BCUT2D eigenvalue weighted by molar-refractivity contribution is 0.102. The van der Waals surface area contributed by atoms with Crippen LogP contribution in [0.4, 0.5) is 5.13 Å². The Morgan fingerprint density at radius 1 is 1.40 bits per heavy atom. The Bertz CT molecular complexity index is 850. The highest BCUT2D eigenvalue weighted by molar-refractivity contribution is 7.17. The Hall–Kier alpha value is -2.13. The first-order valence-corrected chi connectivity index (χ1v) is 7.33. The molecule has 0 saturated carbocycles. The molecule has 0 bridgehead atoms. The van der Waals surface area contributed by atoms with Crippen LogP contribution in [0.5, 0.6) is 0 Å². The number of amides is 1. The zero-order valence-corrected chi connectivity index (χ0v) is 12.2. The summed E-state index contributed by atoms with van der Waals surface area (Å²) in [6.07, 6.45) is 1.30. The lowest BCUT2D eigenvalue weighted by atomic mass is 10.3. The molecule has 102 valence electrons. The zero-order chi connectivity index (χ0) is 14.3. The minimum absolute atomic E-state index is 0.0152. The van der Waals surface area contributed by atoms with Crippen LogP contribution in [0.2, 0.25) is 0 Å². The van der Waals surface area contributed by atoms with Crippen molar-refractivity contribution in [1.29, 1.82) is 0 Å². The van der Waals surface area contributed by atoms with Gasteiger partial charge in [-0.25, -0.2) is 4.98 Å². The molecule has 0 aliphatic rings. The number of nitrogens with zero attached hydrogens (tertiary/aromatic N) is 4. The van der Waals surface area contributed by atoms with Crippen LogP contribution in [0, 0.1) is 13.8 Å². The van der Waals surface area contributed by atoms with Gasteiger partial charge in [-0.3, -0.25) is 19.3 Å². The Balaban J connectivity index is 2.08. The molecule has 1 N–H and O–H groups in total. The van der Waals surface area contributed by atoms with Crippen molar-refractivity contribution >= 4 is 38.7 Å². The maximum absolute atomic E-state index is 12.4. The topological polar surface area (TPSA) is 89.2 Å². The summed E-state index contributed by atoms with van der Waals surface area (Å²) >= 11 is 2.60. The Morgan fingerprint density at radius 2 is 2.20 bits per heavy atom. The third-order valence-corrected chi connectivity index (χ3v) is 4.52. The number of hydrogen-bond acceptors (Lipinski definition) is 7. The van der Waals surface area contributed by atoms with Crippen molar-refractivity contribution in [2.75, 3.05) is 5.32 Å². The van der Waals surface area contributed by atoms with Crippen molar-refractivity contribution in [3.63, 3.8) is 0 Å². The van der Waals surface area contributed by atoms with Gasteiger partial charge in [-0.05, 0) is 13.8 Å². The lowest BCUT2D eigenvalue weighted by Gasteiger charge is -2.01. The van der Waals surface area contributed by atoms with Crippen LogP contribution in [-0.2, 0) is 0 Å². The van der Waals surface area contributed by atoms with Gasteiger partial charge < -0.3 is 0 Å². The van der Waals surface area contributed by atoms with E-state index >= 15 is 0 Å². The molecule has 0 saturated heterocycles. The maximum atomic E-state index is 12.4. The summed E-state index contributed by atoms with van der Waals surface area (Å²) in [6.45, 7) is 3.74. The highest BCUT2D eigenvalue weighted by atomic mass is 32.1. The van der Waals surface area contributed by atoms with E-state index in [2.05, 4.69) is 20.5 Å². The smallest absolute Gasteiger partial charge is 0.271 e. The summed E-state index contributed by atoms with van der Waals surface area (Å²) in [6, 6.07) is 0. The van der Waals surface area contributed by atoms with E-state index in [1.165, 1.54) is 38.8 Å². The molecule has 3 rings (SSSR count). The number of thiazole rings is 1. The second-order valence-corrected chi connectivity index (χ2v) is 6.05. The molecule has 1 amide bonds. The van der Waals surface area contributed by atoms with E-state index in [9.17, 15) is 9.59 Å². The molecule has 3 heterocycles. The molecule has 9 heteroatoms. The number of nitrogens with one attached hydrogen (secondary N) is 1. The van der Waals surface area contributed by atoms with Crippen molar-refractivity contribution in [2.24, 2.45) is 0 Å². The van der Waals surface area contributed by atoms with Gasteiger partial charge in [0, 0.05) is 16.8 Å². The van der Waals surface area contributed by atoms with Crippen LogP contribution < -0.4 is 10.9 Å². The predicted octanol–water partition coefficient (Wildman–Crippen LogP) is 1.48. The summed E-state index contributed by atoms with van der Waals surface area (Å²) < 4.78 is 1.45. The van der Waals surface area contributed by atoms with E-state index < -0.39 is 5.91 Å². The molecule has 3 aromatic heterocycles. The molecule has 0 spiro atoms. The summed E-state index contributed by atoms with van der Waals surface area (Å²) in [4.78, 5) is 30.2. The average molecular weight is 307 g/mol. The highest BCUT2D eigenvalue weighted by Gasteiger charge is 2.17. The van der Waals surface area contributed by atoms with Gasteiger partial charge in [0.15, 0.2) is 4.96 Å². The fraction of sp³-hybridized carbons (Fsp3) is 0.182. The normalized spacial score (nSPS) is 10.9. The highest BCUT2D eigenvalue weighted by Crippen LogP contribution is 2.18. The van der Waals surface area contributed by atoms with Crippen molar-refractivity contribution in [1.82, 2.24) is 19.6 Å². The molecule has 0 radical (unpaired) electrons. The fourth-order valence-electron chi connectivity index (χ4n) is 1.72. The van der Waals surface area contributed by atoms with Gasteiger partial charge in [-0.15, -0.1) is 21.5 Å². The molecule has 0 unspecified atom stereocenters. The molecular weight excluding hydrogens is 298 g/mol. The molecule has 7 nitrogen and oxygen atoms in total. The molecule has 0 aliphatic carbocycles. The maximum Gasteiger partial charge on any atom is 0.271 e. The number of aromatic nitrogens is 4. The fourth-order valence-corrected chi connectivity index (χ4v) is 3.09. The minimum atomic E-state index is -0.531. The van der Waals surface area contributed by atoms with Gasteiger partial charge in [0.05, 0.1) is 0 Å². The average Bonchev–Trinajstić information content (AvgIpc) is 3.00. The largest absolute Gasteiger partial charge is 0.296 e. The van der Waals surface area contributed by atoms with E-state index in [1.54, 1.807) is 0 Å². The van der Waals surface area contributed by atoms with Crippen LogP contribution in [-0.4, -0.2) is 25.5 Å². The number of carbonyl (C=O) groups is 1. The van der Waals surface area contributed by atoms with Gasteiger partial charge in [0.2, 0.25) is 5.13 Å². The van der Waals surface area contributed by atoms with Gasteiger partial charge >= 0.3 is 0 Å². The molecule has 0 fully saturated rings. The van der Waals surface area contributed by atoms with Gasteiger partial charge in [-0.2, -0.15) is 0 Å². The van der Waals surface area contributed by atoms with Crippen LogP contribution in [0.15, 0.2) is 16.5 Å². The SMILES string of the molecule is Cc1sc2ncc(C(=O)Nc3nncs3)c(=O)n2c1C. The molecule has 20 heavy (non-hydrogen) atoms. The predicted molar refractivity (Wildman–Crippen MR) is 76.7 cm³/mol. The summed E-state index contributed by atoms with van der Waals surface area (Å²) in [5.41, 5.74) is 1.90. The van der Waals surface area contributed by atoms with Crippen LogP contribution in [0.25, 0.3) is 4.96 Å². The number of fused-ring (bicyclic) bond motifs is 1. The van der Waals surface area contributed by atoms with E-state index in [-0.39, 0.29) is 11.1 Å². The molecule has 0 aromatic carbocycles. The Labute approximate surface area is 120 Å². The van der Waals surface area contributed by atoms with Crippen molar-refractivity contribution in [3.8, 4) is 0 Å². The van der Waals surface area contributed by atoms with Gasteiger partial charge in [0.1, 0.15) is 11.1 Å². The van der Waals surface area contributed by atoms with Gasteiger partial charge in [0.25, 0.3) is 11.5 Å². The van der Waals surface area contributed by atoms with E-state index in [0.717, 1.165) is 10.6 Å². The molecule has 0 atom stereocenters. The third-order valence-electron chi connectivity index (χ3n) is 2.84. The van der Waals surface area contributed by atoms with Crippen LogP contribution >= 0.6 is 22.7 Å². The second kappa shape index (κ2) is 4.76. The monoisotopic (exact) mass is 307 g/mol. The standard InChI is InChI=1S/C11H9N5O2S2/c1-5-6(2)20-11-12-3-7(9(18)16(5)11)8(17)14-10-15-13-4-19-10/h3-4H,1-2H3,(H,14,15,17). The lowest BCUT2D eigenvalue weighted by Crippen LogP contribution is -2.26. The third kappa shape index (κ3) is 2.00. The quantitative estimate of drug-likeness (QED) is 0.774. The summed E-state index contributed by atoms with van der Waals surface area (Å²) in [5, 5.41) is 10.2. The van der Waals surface area contributed by atoms with E-state index in [4.69, 9.17) is 0 Å². The molecule has 3 aromatic rings. The number of rotatable bonds is 2. The van der Waals surface area contributed by atoms with Crippen LogP contribution in [0.3, 0.4) is 0 Å². The van der Waals surface area contributed by atoms with Crippen molar-refractivity contribution < 1.29 is 4.79 Å². The first kappa shape index (κ1) is 12.9. The summed E-state index contributed by atoms with van der Waals surface area (Å²) in [5.74, 6) is -0.531. The molecular formula is C11H9N5O2S2.